The van der Waals surface area contributed by atoms with Gasteiger partial charge in [-0.1, -0.05) is 258 Å². The van der Waals surface area contributed by atoms with Crippen molar-refractivity contribution in [2.75, 3.05) is 19.8 Å². The van der Waals surface area contributed by atoms with Crippen molar-refractivity contribution in [1.29, 1.82) is 0 Å². The highest BCUT2D eigenvalue weighted by Crippen LogP contribution is 2.16. The minimum absolute atomic E-state index is 0.0975. The molecule has 0 N–H and O–H groups in total. The number of rotatable bonds is 48. The number of hydrogen-bond donors (Lipinski definition) is 0. The van der Waals surface area contributed by atoms with E-state index in [0.29, 0.717) is 26.1 Å². The van der Waals surface area contributed by atoms with Gasteiger partial charge in [-0.25, -0.2) is 0 Å². The van der Waals surface area contributed by atoms with Gasteiger partial charge in [-0.15, -0.1) is 0 Å². The van der Waals surface area contributed by atoms with Crippen LogP contribution in [0.25, 0.3) is 0 Å². The molecule has 0 amide bonds. The fourth-order valence-electron chi connectivity index (χ4n) is 7.81. The Labute approximate surface area is 351 Å². The van der Waals surface area contributed by atoms with Crippen LogP contribution in [0.5, 0.6) is 0 Å². The third-order valence-electron chi connectivity index (χ3n) is 11.6. The van der Waals surface area contributed by atoms with E-state index < -0.39 is 6.10 Å². The van der Waals surface area contributed by atoms with E-state index in [2.05, 4.69) is 20.8 Å². The highest BCUT2D eigenvalue weighted by molar-refractivity contribution is 5.70. The molecule has 1 atom stereocenters. The number of hydrogen-bond acceptors (Lipinski definition) is 5. The molecule has 0 bridgehead atoms. The summed E-state index contributed by atoms with van der Waals surface area (Å²) in [6, 6.07) is 0. The molecule has 0 aliphatic carbocycles. The Kier molecular flexibility index (Phi) is 47.3. The van der Waals surface area contributed by atoms with Gasteiger partial charge in [-0.3, -0.25) is 9.59 Å². The molecule has 0 rings (SSSR count). The van der Waals surface area contributed by atoms with Crippen LogP contribution >= 0.6 is 0 Å². The molecule has 0 saturated heterocycles. The third-order valence-corrected chi connectivity index (χ3v) is 11.6. The lowest BCUT2D eigenvalue weighted by atomic mass is 10.0. The average molecular weight is 793 g/mol. The van der Waals surface area contributed by atoms with Gasteiger partial charge >= 0.3 is 11.9 Å². The van der Waals surface area contributed by atoms with Crippen LogP contribution in [0.3, 0.4) is 0 Å². The summed E-state index contributed by atoms with van der Waals surface area (Å²) in [7, 11) is 0. The fourth-order valence-corrected chi connectivity index (χ4v) is 7.81. The molecule has 0 radical (unpaired) electrons. The Morgan fingerprint density at radius 1 is 0.321 bits per heavy atom. The Morgan fingerprint density at radius 3 is 0.911 bits per heavy atom. The molecule has 56 heavy (non-hydrogen) atoms. The van der Waals surface area contributed by atoms with Gasteiger partial charge in [-0.05, 0) is 19.3 Å². The molecule has 0 aromatic rings. The fraction of sp³-hybridized carbons (Fsp3) is 0.961. The summed E-state index contributed by atoms with van der Waals surface area (Å²) in [4.78, 5) is 25.3. The maximum Gasteiger partial charge on any atom is 0.306 e. The van der Waals surface area contributed by atoms with Crippen molar-refractivity contribution in [1.82, 2.24) is 0 Å². The van der Waals surface area contributed by atoms with Crippen molar-refractivity contribution >= 4 is 11.9 Å². The minimum Gasteiger partial charge on any atom is -0.462 e. The highest BCUT2D eigenvalue weighted by Gasteiger charge is 2.17. The molecule has 0 fully saturated rings. The first-order valence-electron chi connectivity index (χ1n) is 25.6. The monoisotopic (exact) mass is 793 g/mol. The lowest BCUT2D eigenvalue weighted by Gasteiger charge is -2.18. The van der Waals surface area contributed by atoms with Crippen molar-refractivity contribution in [2.24, 2.45) is 0 Å². The van der Waals surface area contributed by atoms with Gasteiger partial charge in [0, 0.05) is 19.4 Å². The van der Waals surface area contributed by atoms with E-state index in [4.69, 9.17) is 14.2 Å². The first-order chi connectivity index (χ1) is 27.6. The second kappa shape index (κ2) is 48.3. The third kappa shape index (κ3) is 45.6. The van der Waals surface area contributed by atoms with Gasteiger partial charge in [0.05, 0.1) is 6.61 Å². The number of unbranched alkanes of at least 4 members (excludes halogenated alkanes) is 37. The summed E-state index contributed by atoms with van der Waals surface area (Å²) in [6.45, 7) is 7.89. The van der Waals surface area contributed by atoms with Gasteiger partial charge in [-0.2, -0.15) is 0 Å². The van der Waals surface area contributed by atoms with Crippen LogP contribution in [-0.4, -0.2) is 37.9 Å². The smallest absolute Gasteiger partial charge is 0.306 e. The summed E-state index contributed by atoms with van der Waals surface area (Å²) in [5, 5.41) is 0. The Hall–Kier alpha value is -1.10. The second-order valence-corrected chi connectivity index (χ2v) is 17.5. The SMILES string of the molecule is CCCCCCCCCCCCCCCCCCCC(=O)OCC(COCCCCCCCCCCCCCC)OC(=O)CCCCCCCCCCCCC. The zero-order valence-electron chi connectivity index (χ0n) is 38.4. The molecule has 0 aromatic heterocycles. The molecule has 334 valence electrons. The van der Waals surface area contributed by atoms with E-state index in [1.165, 1.54) is 225 Å². The Morgan fingerprint density at radius 2 is 0.589 bits per heavy atom. The summed E-state index contributed by atoms with van der Waals surface area (Å²) in [5.41, 5.74) is 0. The van der Waals surface area contributed by atoms with E-state index in [1.54, 1.807) is 0 Å². The van der Waals surface area contributed by atoms with Crippen LogP contribution in [0.4, 0.5) is 0 Å². The molecule has 0 aliphatic rings. The first-order valence-corrected chi connectivity index (χ1v) is 25.6. The summed E-state index contributed by atoms with van der Waals surface area (Å²) in [5.74, 6) is -0.373. The van der Waals surface area contributed by atoms with Gasteiger partial charge < -0.3 is 14.2 Å². The van der Waals surface area contributed by atoms with Gasteiger partial charge in [0.15, 0.2) is 6.10 Å². The van der Waals surface area contributed by atoms with Crippen molar-refractivity contribution in [3.8, 4) is 0 Å². The van der Waals surface area contributed by atoms with Crippen LogP contribution < -0.4 is 0 Å². The van der Waals surface area contributed by atoms with E-state index >= 15 is 0 Å². The standard InChI is InChI=1S/C51H100O5/c1-4-7-10-13-16-19-22-24-25-26-27-28-30-32-35-38-41-44-50(52)55-48-49(47-54-46-43-40-37-34-31-23-20-17-14-11-8-5-2)56-51(53)45-42-39-36-33-29-21-18-15-12-9-6-3/h49H,4-48H2,1-3H3. The minimum atomic E-state index is -0.521. The lowest BCUT2D eigenvalue weighted by molar-refractivity contribution is -0.163. The van der Waals surface area contributed by atoms with E-state index in [9.17, 15) is 9.59 Å². The molecule has 0 heterocycles. The molecule has 0 saturated carbocycles. The molecule has 0 aliphatic heterocycles. The Bertz CT molecular complexity index is 769. The molecular weight excluding hydrogens is 693 g/mol. The maximum atomic E-state index is 12.7. The Balaban J connectivity index is 4.14. The summed E-state index contributed by atoms with van der Waals surface area (Å²) >= 11 is 0. The van der Waals surface area contributed by atoms with Crippen molar-refractivity contribution < 1.29 is 23.8 Å². The van der Waals surface area contributed by atoms with Gasteiger partial charge in [0.2, 0.25) is 0 Å². The number of ether oxygens (including phenoxy) is 3. The number of esters is 2. The van der Waals surface area contributed by atoms with Gasteiger partial charge in [0.25, 0.3) is 0 Å². The van der Waals surface area contributed by atoms with Crippen molar-refractivity contribution in [3.05, 3.63) is 0 Å². The topological polar surface area (TPSA) is 61.8 Å². The molecular formula is C51H100O5. The second-order valence-electron chi connectivity index (χ2n) is 17.5. The molecule has 0 spiro atoms. The van der Waals surface area contributed by atoms with Crippen molar-refractivity contribution in [3.63, 3.8) is 0 Å². The average Bonchev–Trinajstić information content (AvgIpc) is 3.20. The predicted molar refractivity (Wildman–Crippen MR) is 243 cm³/mol. The normalized spacial score (nSPS) is 12.0. The van der Waals surface area contributed by atoms with E-state index in [1.807, 2.05) is 0 Å². The van der Waals surface area contributed by atoms with E-state index in [0.717, 1.165) is 32.1 Å². The summed E-state index contributed by atoms with van der Waals surface area (Å²) in [6.07, 6.45) is 52.5. The quantitative estimate of drug-likeness (QED) is 0.0454. The van der Waals surface area contributed by atoms with Crippen LogP contribution in [0.1, 0.15) is 290 Å². The molecule has 0 aromatic carbocycles. The summed E-state index contributed by atoms with van der Waals surface area (Å²) < 4.78 is 17.4. The predicted octanol–water partition coefficient (Wildman–Crippen LogP) is 16.9. The lowest BCUT2D eigenvalue weighted by Crippen LogP contribution is -2.30. The number of carbonyl (C=O) groups is 2. The largest absolute Gasteiger partial charge is 0.462 e. The van der Waals surface area contributed by atoms with E-state index in [-0.39, 0.29) is 18.5 Å². The van der Waals surface area contributed by atoms with Crippen LogP contribution in [0, 0.1) is 0 Å². The molecule has 5 heteroatoms. The first kappa shape index (κ1) is 54.9. The van der Waals surface area contributed by atoms with Gasteiger partial charge in [0.1, 0.15) is 6.61 Å². The van der Waals surface area contributed by atoms with Crippen LogP contribution in [0.15, 0.2) is 0 Å². The maximum absolute atomic E-state index is 12.7. The zero-order valence-corrected chi connectivity index (χ0v) is 38.4. The highest BCUT2D eigenvalue weighted by atomic mass is 16.6. The zero-order chi connectivity index (χ0) is 40.7. The van der Waals surface area contributed by atoms with Crippen molar-refractivity contribution in [2.45, 2.75) is 297 Å². The number of carbonyl (C=O) groups excluding carboxylic acids is 2. The molecule has 1 unspecified atom stereocenters. The van der Waals surface area contributed by atoms with Crippen LogP contribution in [0.2, 0.25) is 0 Å². The molecule has 5 nitrogen and oxygen atoms in total. The van der Waals surface area contributed by atoms with Crippen LogP contribution in [-0.2, 0) is 23.8 Å².